The predicted molar refractivity (Wildman–Crippen MR) is 110 cm³/mol. The molecule has 1 aromatic heterocycles. The topological polar surface area (TPSA) is 56.5 Å². The lowest BCUT2D eigenvalue weighted by Crippen LogP contribution is -2.08. The van der Waals surface area contributed by atoms with E-state index in [1.54, 1.807) is 42.5 Å². The van der Waals surface area contributed by atoms with Crippen LogP contribution in [0, 0.1) is 0 Å². The molecule has 0 aliphatic heterocycles. The molecule has 0 bridgehead atoms. The van der Waals surface area contributed by atoms with Gasteiger partial charge in [-0.15, -0.1) is 0 Å². The van der Waals surface area contributed by atoms with Crippen molar-refractivity contribution < 1.29 is 13.9 Å². The minimum atomic E-state index is -0.497. The van der Waals surface area contributed by atoms with Crippen LogP contribution in [-0.4, -0.2) is 5.97 Å². The quantitative estimate of drug-likeness (QED) is 0.271. The summed E-state index contributed by atoms with van der Waals surface area (Å²) in [5, 5.41) is 0.504. The molecular weight excluding hydrogens is 452 g/mol. The maximum Gasteiger partial charge on any atom is 0.396 e. The van der Waals surface area contributed by atoms with Crippen molar-refractivity contribution in [3.8, 4) is 16.9 Å². The van der Waals surface area contributed by atoms with Gasteiger partial charge >= 0.3 is 10.9 Å². The van der Waals surface area contributed by atoms with Crippen molar-refractivity contribution >= 4 is 55.1 Å². The summed E-state index contributed by atoms with van der Waals surface area (Å²) in [6, 6.07) is 17.3. The first kappa shape index (κ1) is 18.0. The van der Waals surface area contributed by atoms with E-state index in [2.05, 4.69) is 15.9 Å². The number of benzene rings is 3. The van der Waals surface area contributed by atoms with Crippen LogP contribution in [0.25, 0.3) is 21.4 Å². The van der Waals surface area contributed by atoms with Crippen molar-refractivity contribution in [3.63, 3.8) is 0 Å². The first-order valence-corrected chi connectivity index (χ1v) is 9.80. The lowest BCUT2D eigenvalue weighted by molar-refractivity contribution is 0.0735. The Morgan fingerprint density at radius 1 is 1.04 bits per heavy atom. The number of hydrogen-bond acceptors (Lipinski definition) is 5. The van der Waals surface area contributed by atoms with Crippen molar-refractivity contribution in [2.45, 2.75) is 0 Å². The van der Waals surface area contributed by atoms with E-state index in [9.17, 15) is 9.59 Å². The molecule has 0 N–H and O–H groups in total. The maximum absolute atomic E-state index is 12.4. The van der Waals surface area contributed by atoms with Gasteiger partial charge in [0.1, 0.15) is 5.75 Å². The van der Waals surface area contributed by atoms with E-state index in [0.29, 0.717) is 37.7 Å². The molecule has 4 nitrogen and oxygen atoms in total. The summed E-state index contributed by atoms with van der Waals surface area (Å²) in [5.41, 5.74) is 2.11. The molecule has 134 valence electrons. The fraction of sp³-hybridized carbons (Fsp3) is 0. The van der Waals surface area contributed by atoms with Crippen molar-refractivity contribution in [2.75, 3.05) is 0 Å². The van der Waals surface area contributed by atoms with Crippen LogP contribution in [0.4, 0.5) is 0 Å². The van der Waals surface area contributed by atoms with E-state index in [0.717, 1.165) is 15.8 Å². The van der Waals surface area contributed by atoms with Crippen molar-refractivity contribution in [1.82, 2.24) is 0 Å². The van der Waals surface area contributed by atoms with Crippen LogP contribution in [-0.2, 0) is 0 Å². The van der Waals surface area contributed by atoms with Crippen LogP contribution in [0.15, 0.2) is 74.3 Å². The normalized spacial score (nSPS) is 10.9. The molecule has 0 saturated carbocycles. The second-order valence-electron chi connectivity index (χ2n) is 5.63. The first-order valence-electron chi connectivity index (χ1n) is 7.81. The Labute approximate surface area is 171 Å². The zero-order valence-corrected chi connectivity index (χ0v) is 16.7. The van der Waals surface area contributed by atoms with E-state index < -0.39 is 10.9 Å². The van der Waals surface area contributed by atoms with Gasteiger partial charge in [0.05, 0.1) is 10.3 Å². The van der Waals surface area contributed by atoms with E-state index >= 15 is 0 Å². The molecule has 0 aliphatic carbocycles. The highest BCUT2D eigenvalue weighted by Crippen LogP contribution is 2.37. The number of carbonyl (C=O) groups is 1. The van der Waals surface area contributed by atoms with Gasteiger partial charge in [-0.25, -0.2) is 9.59 Å². The molecule has 0 spiro atoms. The third kappa shape index (κ3) is 3.69. The van der Waals surface area contributed by atoms with Gasteiger partial charge in [-0.1, -0.05) is 57.1 Å². The highest BCUT2D eigenvalue weighted by atomic mass is 79.9. The summed E-state index contributed by atoms with van der Waals surface area (Å²) in [7, 11) is 0. The Morgan fingerprint density at radius 3 is 2.52 bits per heavy atom. The fourth-order valence-corrected chi connectivity index (χ4v) is 3.87. The molecule has 4 aromatic rings. The molecule has 4 rings (SSSR count). The largest absolute Gasteiger partial charge is 0.423 e. The molecule has 0 unspecified atom stereocenters. The van der Waals surface area contributed by atoms with Gasteiger partial charge < -0.3 is 9.15 Å². The minimum absolute atomic E-state index is 0.308. The van der Waals surface area contributed by atoms with Crippen LogP contribution < -0.4 is 9.68 Å². The number of ether oxygens (including phenoxy) is 1. The first-order chi connectivity index (χ1) is 13.0. The standard InChI is InChI=1S/C20H10BrClO4S/c21-12-7-5-11(6-8-12)19(23)25-13-9-15(14-3-1-2-4-16(14)22)18-17(10-13)27-20(24)26-18/h1-10H. The van der Waals surface area contributed by atoms with Gasteiger partial charge in [-0.2, -0.15) is 0 Å². The monoisotopic (exact) mass is 460 g/mol. The third-order valence-corrected chi connectivity index (χ3v) is 5.49. The molecule has 27 heavy (non-hydrogen) atoms. The van der Waals surface area contributed by atoms with E-state index in [4.69, 9.17) is 20.8 Å². The Bertz CT molecular complexity index is 1210. The average molecular weight is 462 g/mol. The van der Waals surface area contributed by atoms with E-state index in [1.807, 2.05) is 18.2 Å². The summed E-state index contributed by atoms with van der Waals surface area (Å²) < 4.78 is 12.3. The van der Waals surface area contributed by atoms with E-state index in [-0.39, 0.29) is 0 Å². The van der Waals surface area contributed by atoms with Gasteiger partial charge in [-0.05, 0) is 36.4 Å². The Hall–Kier alpha value is -2.41. The molecule has 0 amide bonds. The Morgan fingerprint density at radius 2 is 1.78 bits per heavy atom. The third-order valence-electron chi connectivity index (χ3n) is 3.86. The highest BCUT2D eigenvalue weighted by Gasteiger charge is 2.17. The fourth-order valence-electron chi connectivity index (χ4n) is 2.64. The van der Waals surface area contributed by atoms with Gasteiger partial charge in [0.25, 0.3) is 0 Å². The summed E-state index contributed by atoms with van der Waals surface area (Å²) in [5.74, 6) is -0.190. The molecule has 1 heterocycles. The van der Waals surface area contributed by atoms with Crippen LogP contribution in [0.2, 0.25) is 5.02 Å². The zero-order chi connectivity index (χ0) is 19.0. The minimum Gasteiger partial charge on any atom is -0.423 e. The summed E-state index contributed by atoms with van der Waals surface area (Å²) in [6.45, 7) is 0. The molecule has 7 heteroatoms. The summed E-state index contributed by atoms with van der Waals surface area (Å²) in [4.78, 5) is 23.8. The molecule has 0 radical (unpaired) electrons. The number of halogens is 2. The number of rotatable bonds is 3. The van der Waals surface area contributed by atoms with Gasteiger partial charge in [0.2, 0.25) is 0 Å². The molecular formula is C20H10BrClO4S. The smallest absolute Gasteiger partial charge is 0.396 e. The Balaban J connectivity index is 1.80. The van der Waals surface area contributed by atoms with Gasteiger partial charge in [0.15, 0.2) is 5.58 Å². The highest BCUT2D eigenvalue weighted by molar-refractivity contribution is 9.10. The van der Waals surface area contributed by atoms with Crippen LogP contribution >= 0.6 is 38.9 Å². The maximum atomic E-state index is 12.4. The van der Waals surface area contributed by atoms with Crippen LogP contribution in [0.3, 0.4) is 0 Å². The molecule has 0 fully saturated rings. The molecule has 3 aromatic carbocycles. The number of carbonyl (C=O) groups excluding carboxylic acids is 1. The lowest BCUT2D eigenvalue weighted by atomic mass is 10.0. The predicted octanol–water partition coefficient (Wildman–Crippen LogP) is 6.16. The average Bonchev–Trinajstić information content (AvgIpc) is 3.02. The Kier molecular flexibility index (Phi) is 4.86. The van der Waals surface area contributed by atoms with E-state index in [1.165, 1.54) is 0 Å². The molecule has 0 saturated heterocycles. The number of fused-ring (bicyclic) bond motifs is 1. The molecule has 0 atom stereocenters. The van der Waals surface area contributed by atoms with Crippen LogP contribution in [0.5, 0.6) is 5.75 Å². The van der Waals surface area contributed by atoms with Crippen molar-refractivity contribution in [3.05, 3.63) is 85.5 Å². The van der Waals surface area contributed by atoms with Crippen molar-refractivity contribution in [2.24, 2.45) is 0 Å². The SMILES string of the molecule is O=C(Oc1cc(-c2ccccc2Cl)c2oc(=O)sc2c1)c1ccc(Br)cc1. The molecule has 0 aliphatic rings. The van der Waals surface area contributed by atoms with Crippen molar-refractivity contribution in [1.29, 1.82) is 0 Å². The van der Waals surface area contributed by atoms with Gasteiger partial charge in [0, 0.05) is 26.7 Å². The second kappa shape index (κ2) is 7.31. The van der Waals surface area contributed by atoms with Crippen LogP contribution in [0.1, 0.15) is 10.4 Å². The summed E-state index contributed by atoms with van der Waals surface area (Å²) in [6.07, 6.45) is 0. The number of hydrogen-bond donors (Lipinski definition) is 0. The summed E-state index contributed by atoms with van der Waals surface area (Å²) >= 11 is 10.6. The second-order valence-corrected chi connectivity index (χ2v) is 7.93. The lowest BCUT2D eigenvalue weighted by Gasteiger charge is -2.09. The number of esters is 1. The zero-order valence-electron chi connectivity index (χ0n) is 13.6. The van der Waals surface area contributed by atoms with Gasteiger partial charge in [-0.3, -0.25) is 0 Å².